The van der Waals surface area contributed by atoms with Crippen LogP contribution in [-0.2, 0) is 16.1 Å². The fourth-order valence-electron chi connectivity index (χ4n) is 3.34. The highest BCUT2D eigenvalue weighted by Gasteiger charge is 2.50. The Hall–Kier alpha value is -2.80. The van der Waals surface area contributed by atoms with Gasteiger partial charge in [0.2, 0.25) is 0 Å². The minimum Gasteiger partial charge on any atom is -0.497 e. The molecule has 0 saturated carbocycles. The average Bonchev–Trinajstić information content (AvgIpc) is 2.77. The van der Waals surface area contributed by atoms with Crippen LogP contribution in [0.3, 0.4) is 0 Å². The Labute approximate surface area is 181 Å². The Morgan fingerprint density at radius 1 is 1.10 bits per heavy atom. The largest absolute Gasteiger partial charge is 0.497 e. The lowest BCUT2D eigenvalue weighted by molar-refractivity contribution is -0.172. The molecule has 0 saturated heterocycles. The van der Waals surface area contributed by atoms with E-state index in [1.165, 1.54) is 37.5 Å². The summed E-state index contributed by atoms with van der Waals surface area (Å²) in [5.74, 6) is -1.49. The molecule has 1 atom stereocenters. The summed E-state index contributed by atoms with van der Waals surface area (Å²) >= 11 is 0. The third-order valence-electron chi connectivity index (χ3n) is 5.03. The lowest BCUT2D eigenvalue weighted by Crippen LogP contribution is -2.57. The van der Waals surface area contributed by atoms with Crippen LogP contribution in [0, 0.1) is 0 Å². The van der Waals surface area contributed by atoms with E-state index in [0.717, 1.165) is 16.9 Å². The Bertz CT molecular complexity index is 837. The second-order valence-electron chi connectivity index (χ2n) is 7.23. The molecule has 0 heterocycles. The third kappa shape index (κ3) is 6.34. The predicted molar refractivity (Wildman–Crippen MR) is 115 cm³/mol. The number of hydrogen-bond donors (Lipinski definition) is 0. The Morgan fingerprint density at radius 2 is 1.74 bits per heavy atom. The standard InChI is InChI=1S/C24H28F3NO3/c1-4-6-16-23(5-2,18-31-17-19-10-8-7-9-11-19)28(22(29)24(25,26)27)20-12-14-21(30-3)15-13-20/h5,7-15H,2,4,6,16-18H2,1,3H3/t23-/m0/s1. The van der Waals surface area contributed by atoms with Crippen molar-refractivity contribution in [3.63, 3.8) is 0 Å². The molecule has 31 heavy (non-hydrogen) atoms. The van der Waals surface area contributed by atoms with Gasteiger partial charge in [0.1, 0.15) is 5.75 Å². The summed E-state index contributed by atoms with van der Waals surface area (Å²) in [5, 5.41) is 0. The van der Waals surface area contributed by atoms with Crippen molar-refractivity contribution in [2.75, 3.05) is 18.6 Å². The zero-order valence-corrected chi connectivity index (χ0v) is 17.8. The fourth-order valence-corrected chi connectivity index (χ4v) is 3.34. The first kappa shape index (κ1) is 24.5. The molecule has 0 aliphatic carbocycles. The average molecular weight is 435 g/mol. The number of carbonyl (C=O) groups excluding carboxylic acids is 1. The molecule has 0 aromatic heterocycles. The number of unbranched alkanes of at least 4 members (excludes halogenated alkanes) is 1. The molecule has 1 amide bonds. The van der Waals surface area contributed by atoms with E-state index in [1.54, 1.807) is 0 Å². The number of benzene rings is 2. The molecular weight excluding hydrogens is 407 g/mol. The Morgan fingerprint density at radius 3 is 2.26 bits per heavy atom. The van der Waals surface area contributed by atoms with Gasteiger partial charge in [0, 0.05) is 5.69 Å². The highest BCUT2D eigenvalue weighted by atomic mass is 19.4. The molecule has 2 aromatic carbocycles. The van der Waals surface area contributed by atoms with Gasteiger partial charge in [-0.15, -0.1) is 6.58 Å². The summed E-state index contributed by atoms with van der Waals surface area (Å²) in [7, 11) is 1.46. The van der Waals surface area contributed by atoms with E-state index >= 15 is 0 Å². The minimum atomic E-state index is -5.06. The maximum atomic E-state index is 13.6. The lowest BCUT2D eigenvalue weighted by Gasteiger charge is -2.42. The summed E-state index contributed by atoms with van der Waals surface area (Å²) in [4.78, 5) is 13.4. The second kappa shape index (κ2) is 11.0. The van der Waals surface area contributed by atoms with Crippen molar-refractivity contribution < 1.29 is 27.4 Å². The van der Waals surface area contributed by atoms with Gasteiger partial charge in [-0.3, -0.25) is 9.69 Å². The molecule has 0 unspecified atom stereocenters. The molecule has 7 heteroatoms. The van der Waals surface area contributed by atoms with Crippen molar-refractivity contribution in [3.8, 4) is 5.75 Å². The van der Waals surface area contributed by atoms with E-state index in [0.29, 0.717) is 12.2 Å². The Balaban J connectivity index is 2.44. The predicted octanol–water partition coefficient (Wildman–Crippen LogP) is 5.92. The molecule has 0 aliphatic rings. The van der Waals surface area contributed by atoms with Crippen LogP contribution in [0.15, 0.2) is 67.3 Å². The number of rotatable bonds is 11. The first-order valence-corrected chi connectivity index (χ1v) is 10.1. The maximum absolute atomic E-state index is 13.6. The molecule has 0 aliphatic heterocycles. The van der Waals surface area contributed by atoms with Crippen LogP contribution in [0.5, 0.6) is 5.75 Å². The summed E-state index contributed by atoms with van der Waals surface area (Å²) < 4.78 is 51.8. The van der Waals surface area contributed by atoms with E-state index in [9.17, 15) is 18.0 Å². The van der Waals surface area contributed by atoms with Crippen molar-refractivity contribution in [2.24, 2.45) is 0 Å². The van der Waals surface area contributed by atoms with Crippen LogP contribution in [-0.4, -0.2) is 31.3 Å². The number of methoxy groups -OCH3 is 1. The van der Waals surface area contributed by atoms with E-state index in [2.05, 4.69) is 6.58 Å². The van der Waals surface area contributed by atoms with Gasteiger partial charge in [-0.25, -0.2) is 0 Å². The summed E-state index contributed by atoms with van der Waals surface area (Å²) in [5.41, 5.74) is -0.386. The number of carbonyl (C=O) groups is 1. The Kier molecular flexibility index (Phi) is 8.68. The van der Waals surface area contributed by atoms with Crippen molar-refractivity contribution in [3.05, 3.63) is 72.8 Å². The molecule has 0 fully saturated rings. The summed E-state index contributed by atoms with van der Waals surface area (Å²) in [6.07, 6.45) is -2.06. The molecule has 0 spiro atoms. The first-order valence-electron chi connectivity index (χ1n) is 10.1. The third-order valence-corrected chi connectivity index (χ3v) is 5.03. The SMILES string of the molecule is C=C[C@](CCCC)(COCc1ccccc1)N(C(=O)C(F)(F)F)c1ccc(OC)cc1. The molecule has 168 valence electrons. The number of nitrogens with zero attached hydrogens (tertiary/aromatic N) is 1. The molecule has 0 bridgehead atoms. The number of alkyl halides is 3. The van der Waals surface area contributed by atoms with Gasteiger partial charge >= 0.3 is 12.1 Å². The molecule has 4 nitrogen and oxygen atoms in total. The number of amides is 1. The molecule has 2 aromatic rings. The molecule has 0 radical (unpaired) electrons. The van der Waals surface area contributed by atoms with Gasteiger partial charge in [-0.2, -0.15) is 13.2 Å². The van der Waals surface area contributed by atoms with E-state index in [4.69, 9.17) is 9.47 Å². The highest BCUT2D eigenvalue weighted by molar-refractivity contribution is 5.99. The van der Waals surface area contributed by atoms with E-state index in [-0.39, 0.29) is 25.3 Å². The lowest BCUT2D eigenvalue weighted by atomic mass is 9.90. The van der Waals surface area contributed by atoms with E-state index in [1.807, 2.05) is 37.3 Å². The fraction of sp³-hybridized carbons (Fsp3) is 0.375. The van der Waals surface area contributed by atoms with Crippen LogP contribution < -0.4 is 9.64 Å². The molecular formula is C24H28F3NO3. The second-order valence-corrected chi connectivity index (χ2v) is 7.23. The summed E-state index contributed by atoms with van der Waals surface area (Å²) in [6.45, 7) is 5.80. The first-order chi connectivity index (χ1) is 14.8. The number of halogens is 3. The van der Waals surface area contributed by atoms with Gasteiger partial charge in [-0.1, -0.05) is 56.2 Å². The number of anilines is 1. The maximum Gasteiger partial charge on any atom is 0.471 e. The van der Waals surface area contributed by atoms with Crippen molar-refractivity contribution in [1.29, 1.82) is 0 Å². The van der Waals surface area contributed by atoms with Crippen LogP contribution in [0.25, 0.3) is 0 Å². The molecule has 0 N–H and O–H groups in total. The topological polar surface area (TPSA) is 38.8 Å². The smallest absolute Gasteiger partial charge is 0.471 e. The van der Waals surface area contributed by atoms with Gasteiger partial charge in [0.25, 0.3) is 0 Å². The monoisotopic (exact) mass is 435 g/mol. The van der Waals surface area contributed by atoms with Crippen LogP contribution in [0.1, 0.15) is 31.7 Å². The van der Waals surface area contributed by atoms with Crippen molar-refractivity contribution in [2.45, 2.75) is 44.5 Å². The zero-order valence-electron chi connectivity index (χ0n) is 17.8. The van der Waals surface area contributed by atoms with Gasteiger partial charge in [0.15, 0.2) is 0 Å². The normalized spacial score (nSPS) is 13.3. The van der Waals surface area contributed by atoms with Crippen LogP contribution in [0.2, 0.25) is 0 Å². The van der Waals surface area contributed by atoms with Gasteiger partial charge in [-0.05, 0) is 36.2 Å². The quantitative estimate of drug-likeness (QED) is 0.411. The highest BCUT2D eigenvalue weighted by Crippen LogP contribution is 2.35. The van der Waals surface area contributed by atoms with Crippen molar-refractivity contribution in [1.82, 2.24) is 0 Å². The number of hydrogen-bond acceptors (Lipinski definition) is 3. The van der Waals surface area contributed by atoms with Crippen molar-refractivity contribution >= 4 is 11.6 Å². The van der Waals surface area contributed by atoms with Crippen LogP contribution in [0.4, 0.5) is 18.9 Å². The van der Waals surface area contributed by atoms with Gasteiger partial charge < -0.3 is 9.47 Å². The minimum absolute atomic E-state index is 0.0995. The molecule has 2 rings (SSSR count). The van der Waals surface area contributed by atoms with Crippen LogP contribution >= 0.6 is 0 Å². The van der Waals surface area contributed by atoms with E-state index < -0.39 is 17.6 Å². The summed E-state index contributed by atoms with van der Waals surface area (Å²) in [6, 6.07) is 15.2. The zero-order chi connectivity index (χ0) is 22.9. The van der Waals surface area contributed by atoms with Gasteiger partial charge in [0.05, 0.1) is 25.9 Å². The number of ether oxygens (including phenoxy) is 2.